The fraction of sp³-hybridized carbons (Fsp3) is 0.318. The first kappa shape index (κ1) is 18.4. The molecule has 0 aliphatic carbocycles. The van der Waals surface area contributed by atoms with Crippen molar-refractivity contribution in [1.82, 2.24) is 25.9 Å². The summed E-state index contributed by atoms with van der Waals surface area (Å²) in [7, 11) is 0. The van der Waals surface area contributed by atoms with E-state index in [4.69, 9.17) is 4.98 Å². The first-order valence-corrected chi connectivity index (χ1v) is 9.68. The second kappa shape index (κ2) is 7.56. The van der Waals surface area contributed by atoms with Crippen LogP contribution in [0.25, 0.3) is 22.0 Å². The lowest BCUT2D eigenvalue weighted by Crippen LogP contribution is -2.53. The summed E-state index contributed by atoms with van der Waals surface area (Å²) in [6.07, 6.45) is 2.52. The van der Waals surface area contributed by atoms with E-state index in [1.165, 1.54) is 10.8 Å². The van der Waals surface area contributed by atoms with E-state index in [2.05, 4.69) is 51.3 Å². The number of nitrogens with one attached hydrogen (secondary N) is 3. The normalized spacial score (nSPS) is 19.1. The van der Waals surface area contributed by atoms with Crippen molar-refractivity contribution >= 4 is 16.8 Å². The molecule has 6 nitrogen and oxygen atoms in total. The lowest BCUT2D eigenvalue weighted by molar-refractivity contribution is 0.222. The molecule has 3 aromatic rings. The molecule has 0 bridgehead atoms. The number of nitrogens with zero attached hydrogens (tertiary/aromatic N) is 2. The number of benzene rings is 2. The number of carbonyl (C=O) groups is 1. The number of hydrogen-bond acceptors (Lipinski definition) is 4. The average Bonchev–Trinajstić information content (AvgIpc) is 3.16. The standard InChI is InChI=1S/C22H25N5O/c1-15(2)25-21(28)27-22(10-12-23-14-22)20-24-11-9-19(26-20)18-8-7-16-5-3-4-6-17(16)13-18/h3-9,11,13,15,23H,10,12,14H2,1-2H3,(H2,25,27,28)/t22-/m1/s1. The SMILES string of the molecule is CC(C)NC(=O)N[C@]1(c2nccc(-c3ccc4ccccc4c3)n2)CCNC1. The van der Waals surface area contributed by atoms with Crippen LogP contribution in [0.3, 0.4) is 0 Å². The van der Waals surface area contributed by atoms with E-state index in [0.29, 0.717) is 12.4 Å². The zero-order valence-electron chi connectivity index (χ0n) is 16.2. The highest BCUT2D eigenvalue weighted by Crippen LogP contribution is 2.28. The highest BCUT2D eigenvalue weighted by atomic mass is 16.2. The molecule has 2 aromatic carbocycles. The number of rotatable bonds is 4. The zero-order valence-corrected chi connectivity index (χ0v) is 16.2. The van der Waals surface area contributed by atoms with Crippen molar-refractivity contribution in [2.45, 2.75) is 31.8 Å². The Balaban J connectivity index is 1.68. The molecule has 144 valence electrons. The van der Waals surface area contributed by atoms with E-state index >= 15 is 0 Å². The molecule has 1 aliphatic heterocycles. The van der Waals surface area contributed by atoms with E-state index in [0.717, 1.165) is 24.2 Å². The molecule has 0 radical (unpaired) electrons. The van der Waals surface area contributed by atoms with Crippen LogP contribution in [0.1, 0.15) is 26.1 Å². The van der Waals surface area contributed by atoms with Crippen LogP contribution >= 0.6 is 0 Å². The van der Waals surface area contributed by atoms with Gasteiger partial charge in [-0.05, 0) is 49.7 Å². The van der Waals surface area contributed by atoms with Gasteiger partial charge in [0.15, 0.2) is 5.82 Å². The van der Waals surface area contributed by atoms with Gasteiger partial charge in [-0.25, -0.2) is 14.8 Å². The Morgan fingerprint density at radius 2 is 1.96 bits per heavy atom. The first-order chi connectivity index (χ1) is 13.6. The summed E-state index contributed by atoms with van der Waals surface area (Å²) in [5.41, 5.74) is 1.29. The molecule has 2 amide bonds. The fourth-order valence-electron chi connectivity index (χ4n) is 3.66. The Morgan fingerprint density at radius 3 is 2.71 bits per heavy atom. The molecule has 4 rings (SSSR count). The van der Waals surface area contributed by atoms with Gasteiger partial charge in [0, 0.05) is 24.3 Å². The molecule has 3 N–H and O–H groups in total. The summed E-state index contributed by atoms with van der Waals surface area (Å²) in [5.74, 6) is 0.641. The number of carbonyl (C=O) groups excluding carboxylic acids is 1. The van der Waals surface area contributed by atoms with Crippen molar-refractivity contribution in [2.75, 3.05) is 13.1 Å². The average molecular weight is 375 g/mol. The second-order valence-corrected chi connectivity index (χ2v) is 7.59. The monoisotopic (exact) mass is 375 g/mol. The van der Waals surface area contributed by atoms with Gasteiger partial charge in [-0.1, -0.05) is 36.4 Å². The number of urea groups is 1. The Labute approximate surface area is 164 Å². The van der Waals surface area contributed by atoms with Gasteiger partial charge >= 0.3 is 6.03 Å². The summed E-state index contributed by atoms with van der Waals surface area (Å²) in [4.78, 5) is 21.7. The van der Waals surface area contributed by atoms with Crippen molar-refractivity contribution < 1.29 is 4.79 Å². The molecule has 1 saturated heterocycles. The lowest BCUT2D eigenvalue weighted by Gasteiger charge is -2.28. The Hall–Kier alpha value is -2.99. The molecule has 1 aliphatic rings. The van der Waals surface area contributed by atoms with Crippen LogP contribution in [-0.4, -0.2) is 35.1 Å². The van der Waals surface area contributed by atoms with Gasteiger partial charge in [-0.15, -0.1) is 0 Å². The van der Waals surface area contributed by atoms with Gasteiger partial charge in [-0.3, -0.25) is 0 Å². The summed E-state index contributed by atoms with van der Waals surface area (Å²) in [6, 6.07) is 16.4. The third-order valence-corrected chi connectivity index (χ3v) is 5.06. The molecule has 28 heavy (non-hydrogen) atoms. The van der Waals surface area contributed by atoms with Crippen molar-refractivity contribution in [1.29, 1.82) is 0 Å². The zero-order chi connectivity index (χ0) is 19.6. The maximum Gasteiger partial charge on any atom is 0.315 e. The largest absolute Gasteiger partial charge is 0.336 e. The number of hydrogen-bond donors (Lipinski definition) is 3. The van der Waals surface area contributed by atoms with Crippen LogP contribution in [0.2, 0.25) is 0 Å². The number of amides is 2. The minimum atomic E-state index is -0.605. The van der Waals surface area contributed by atoms with Crippen LogP contribution in [-0.2, 0) is 5.54 Å². The van der Waals surface area contributed by atoms with Gasteiger partial charge < -0.3 is 16.0 Å². The van der Waals surface area contributed by atoms with Crippen molar-refractivity contribution in [3.8, 4) is 11.3 Å². The maximum absolute atomic E-state index is 12.4. The van der Waals surface area contributed by atoms with Gasteiger partial charge in [0.2, 0.25) is 0 Å². The summed E-state index contributed by atoms with van der Waals surface area (Å²) in [6.45, 7) is 5.30. The van der Waals surface area contributed by atoms with E-state index < -0.39 is 5.54 Å². The molecule has 0 saturated carbocycles. The third-order valence-electron chi connectivity index (χ3n) is 5.06. The molecular formula is C22H25N5O. The molecule has 0 unspecified atom stereocenters. The van der Waals surface area contributed by atoms with Gasteiger partial charge in [0.25, 0.3) is 0 Å². The molecule has 0 spiro atoms. The van der Waals surface area contributed by atoms with Gasteiger partial charge in [0.1, 0.15) is 5.54 Å². The van der Waals surface area contributed by atoms with Crippen LogP contribution in [0.15, 0.2) is 54.7 Å². The van der Waals surface area contributed by atoms with Crippen molar-refractivity contribution in [2.24, 2.45) is 0 Å². The minimum absolute atomic E-state index is 0.0660. The van der Waals surface area contributed by atoms with E-state index in [9.17, 15) is 4.79 Å². The molecule has 1 atom stereocenters. The van der Waals surface area contributed by atoms with Crippen LogP contribution in [0.4, 0.5) is 4.79 Å². The summed E-state index contributed by atoms with van der Waals surface area (Å²) in [5, 5.41) is 11.7. The first-order valence-electron chi connectivity index (χ1n) is 9.68. The quantitative estimate of drug-likeness (QED) is 0.654. The fourth-order valence-corrected chi connectivity index (χ4v) is 3.66. The van der Waals surface area contributed by atoms with Crippen molar-refractivity contribution in [3.05, 3.63) is 60.6 Å². The Kier molecular flexibility index (Phi) is 4.96. The smallest absolute Gasteiger partial charge is 0.315 e. The number of fused-ring (bicyclic) bond motifs is 1. The van der Waals surface area contributed by atoms with Crippen molar-refractivity contribution in [3.63, 3.8) is 0 Å². The van der Waals surface area contributed by atoms with E-state index in [-0.39, 0.29) is 12.1 Å². The predicted molar refractivity (Wildman–Crippen MR) is 111 cm³/mol. The van der Waals surface area contributed by atoms with Gasteiger partial charge in [-0.2, -0.15) is 0 Å². The third kappa shape index (κ3) is 3.68. The van der Waals surface area contributed by atoms with E-state index in [1.807, 2.05) is 32.0 Å². The van der Waals surface area contributed by atoms with Crippen LogP contribution in [0.5, 0.6) is 0 Å². The van der Waals surface area contributed by atoms with Crippen LogP contribution < -0.4 is 16.0 Å². The Morgan fingerprint density at radius 1 is 1.14 bits per heavy atom. The lowest BCUT2D eigenvalue weighted by atomic mass is 9.97. The maximum atomic E-state index is 12.4. The predicted octanol–water partition coefficient (Wildman–Crippen LogP) is 3.19. The highest BCUT2D eigenvalue weighted by molar-refractivity contribution is 5.86. The topological polar surface area (TPSA) is 78.9 Å². The summed E-state index contributed by atoms with van der Waals surface area (Å²) < 4.78 is 0. The molecule has 2 heterocycles. The highest BCUT2D eigenvalue weighted by Gasteiger charge is 2.40. The molecule has 1 fully saturated rings. The second-order valence-electron chi connectivity index (χ2n) is 7.59. The molecule has 1 aromatic heterocycles. The van der Waals surface area contributed by atoms with Crippen LogP contribution in [0, 0.1) is 0 Å². The van der Waals surface area contributed by atoms with Gasteiger partial charge in [0.05, 0.1) is 5.69 Å². The Bertz CT molecular complexity index is 995. The van der Waals surface area contributed by atoms with E-state index in [1.54, 1.807) is 6.20 Å². The summed E-state index contributed by atoms with van der Waals surface area (Å²) >= 11 is 0. The molecular weight excluding hydrogens is 350 g/mol. The molecule has 6 heteroatoms. The number of aromatic nitrogens is 2. The minimum Gasteiger partial charge on any atom is -0.336 e.